The molecule has 5 aliphatic carbocycles. The van der Waals surface area contributed by atoms with Crippen LogP contribution in [0.25, 0.3) is 0 Å². The second-order valence-corrected chi connectivity index (χ2v) is 23.1. The van der Waals surface area contributed by atoms with Crippen LogP contribution in [-0.2, 0) is 38.0 Å². The van der Waals surface area contributed by atoms with Gasteiger partial charge in [-0.25, -0.2) is 0 Å². The lowest BCUT2D eigenvalue weighted by atomic mass is 9.31. The lowest BCUT2D eigenvalue weighted by Crippen LogP contribution is -2.69. The van der Waals surface area contributed by atoms with Gasteiger partial charge in [0.15, 0.2) is 18.9 Å². The van der Waals surface area contributed by atoms with Crippen LogP contribution in [0.4, 0.5) is 0 Å². The van der Waals surface area contributed by atoms with E-state index in [1.807, 2.05) is 0 Å². The minimum atomic E-state index is -1.71. The Kier molecular flexibility index (Phi) is 12.6. The topological polar surface area (TPSA) is 264 Å². The Morgan fingerprint density at radius 2 is 1.14 bits per heavy atom. The van der Waals surface area contributed by atoms with Crippen molar-refractivity contribution in [2.24, 2.45) is 56.7 Å². The maximum absolute atomic E-state index is 14.3. The number of rotatable bonds is 10. The van der Waals surface area contributed by atoms with Crippen molar-refractivity contribution in [1.29, 1.82) is 0 Å². The molecule has 4 saturated heterocycles. The summed E-state index contributed by atoms with van der Waals surface area (Å²) >= 11 is 0. The van der Waals surface area contributed by atoms with E-state index in [2.05, 4.69) is 41.5 Å². The molecule has 17 nitrogen and oxygen atoms in total. The molecule has 9 N–H and O–H groups in total. The molecule has 4 heterocycles. The molecule has 2 bridgehead atoms. The molecule has 9 rings (SSSR count). The van der Waals surface area contributed by atoms with Crippen LogP contribution in [0.3, 0.4) is 0 Å². The minimum absolute atomic E-state index is 0.00424. The summed E-state index contributed by atoms with van der Waals surface area (Å²) in [7, 11) is 0. The van der Waals surface area contributed by atoms with E-state index in [0.29, 0.717) is 17.8 Å². The number of carbonyl (C=O) groups excluding carboxylic acids is 1. The van der Waals surface area contributed by atoms with Crippen molar-refractivity contribution in [1.82, 2.24) is 0 Å². The molecule has 0 aromatic heterocycles. The number of hydrogen-bond acceptors (Lipinski definition) is 17. The normalized spacial score (nSPS) is 56.7. The number of esters is 1. The first-order valence-electron chi connectivity index (χ1n) is 24.2. The first-order chi connectivity index (χ1) is 30.1. The van der Waals surface area contributed by atoms with Crippen LogP contribution in [0.15, 0.2) is 0 Å². The molecule has 0 aromatic rings. The molecule has 24 unspecified atom stereocenters. The average molecular weight is 913 g/mol. The van der Waals surface area contributed by atoms with Crippen molar-refractivity contribution in [3.05, 3.63) is 0 Å². The molecule has 17 heteroatoms. The van der Waals surface area contributed by atoms with Crippen LogP contribution < -0.4 is 0 Å². The number of fused-ring (bicyclic) bond motifs is 5. The smallest absolute Gasteiger partial charge is 0.313 e. The lowest BCUT2D eigenvalue weighted by molar-refractivity contribution is -0.354. The zero-order valence-electron chi connectivity index (χ0n) is 38.4. The highest BCUT2D eigenvalue weighted by Gasteiger charge is 2.76. The summed E-state index contributed by atoms with van der Waals surface area (Å²) in [6, 6.07) is 0. The highest BCUT2D eigenvalue weighted by atomic mass is 16.8. The number of aliphatic hydroxyl groups excluding tert-OH is 9. The van der Waals surface area contributed by atoms with Crippen molar-refractivity contribution >= 4 is 5.97 Å². The Hall–Kier alpha value is -1.13. The zero-order chi connectivity index (χ0) is 46.1. The second-order valence-electron chi connectivity index (χ2n) is 23.1. The molecule has 0 spiro atoms. The monoisotopic (exact) mass is 913 g/mol. The van der Waals surface area contributed by atoms with E-state index in [9.17, 15) is 50.8 Å². The molecule has 0 aromatic carbocycles. The first-order valence-corrected chi connectivity index (χ1v) is 24.2. The fraction of sp³-hybridized carbons (Fsp3) is 0.979. The Morgan fingerprint density at radius 1 is 0.562 bits per heavy atom. The van der Waals surface area contributed by atoms with Crippen molar-refractivity contribution in [2.45, 2.75) is 204 Å². The Morgan fingerprint density at radius 3 is 1.84 bits per heavy atom. The van der Waals surface area contributed by atoms with E-state index in [4.69, 9.17) is 33.2 Å². The fourth-order valence-corrected chi connectivity index (χ4v) is 16.5. The van der Waals surface area contributed by atoms with Gasteiger partial charge in [-0.15, -0.1) is 0 Å². The highest BCUT2D eigenvalue weighted by molar-refractivity contribution is 5.80. The predicted molar refractivity (Wildman–Crippen MR) is 222 cm³/mol. The van der Waals surface area contributed by atoms with Crippen LogP contribution in [0, 0.1) is 56.7 Å². The number of hydrogen-bond donors (Lipinski definition) is 9. The molecule has 366 valence electrons. The largest absolute Gasteiger partial charge is 0.459 e. The summed E-state index contributed by atoms with van der Waals surface area (Å²) < 4.78 is 42.3. The lowest BCUT2D eigenvalue weighted by Gasteiger charge is -2.73. The van der Waals surface area contributed by atoms with E-state index in [1.165, 1.54) is 0 Å². The molecule has 24 atom stereocenters. The van der Waals surface area contributed by atoms with E-state index >= 15 is 0 Å². The molecular weight excluding hydrogens is 836 g/mol. The number of cyclic esters (lactones) is 1. The zero-order valence-corrected chi connectivity index (χ0v) is 38.4. The maximum Gasteiger partial charge on any atom is 0.313 e. The van der Waals surface area contributed by atoms with Crippen LogP contribution in [0.5, 0.6) is 0 Å². The second kappa shape index (κ2) is 16.8. The Balaban J connectivity index is 0.944. The third kappa shape index (κ3) is 6.97. The minimum Gasteiger partial charge on any atom is -0.459 e. The summed E-state index contributed by atoms with van der Waals surface area (Å²) in [5.41, 5.74) is -1.26. The molecule has 4 aliphatic heterocycles. The molecule has 9 fully saturated rings. The number of carbonyl (C=O) groups is 1. The van der Waals surface area contributed by atoms with E-state index in [-0.39, 0.29) is 46.1 Å². The highest BCUT2D eigenvalue weighted by Crippen LogP contribution is 2.79. The number of ether oxygens (including phenoxy) is 7. The van der Waals surface area contributed by atoms with Gasteiger partial charge in [0, 0.05) is 5.92 Å². The molecular formula is C47H76O17. The summed E-state index contributed by atoms with van der Waals surface area (Å²) in [5.74, 6) is 1.77. The Bertz CT molecular complexity index is 1720. The molecule has 0 radical (unpaired) electrons. The molecule has 9 aliphatic rings. The van der Waals surface area contributed by atoms with E-state index in [1.54, 1.807) is 0 Å². The fourth-order valence-electron chi connectivity index (χ4n) is 16.5. The molecule has 0 amide bonds. The van der Waals surface area contributed by atoms with E-state index < -0.39 is 117 Å². The van der Waals surface area contributed by atoms with Gasteiger partial charge < -0.3 is 79.1 Å². The quantitative estimate of drug-likeness (QED) is 0.138. The third-order valence-corrected chi connectivity index (χ3v) is 20.0. The summed E-state index contributed by atoms with van der Waals surface area (Å²) in [4.78, 5) is 14.3. The van der Waals surface area contributed by atoms with Crippen molar-refractivity contribution in [3.8, 4) is 0 Å². The van der Waals surface area contributed by atoms with Gasteiger partial charge in [-0.3, -0.25) is 4.79 Å². The van der Waals surface area contributed by atoms with Crippen molar-refractivity contribution < 1.29 is 83.9 Å². The van der Waals surface area contributed by atoms with Gasteiger partial charge >= 0.3 is 5.97 Å². The van der Waals surface area contributed by atoms with Crippen LogP contribution in [0.2, 0.25) is 0 Å². The van der Waals surface area contributed by atoms with Crippen molar-refractivity contribution in [3.63, 3.8) is 0 Å². The Labute approximate surface area is 376 Å². The summed E-state index contributed by atoms with van der Waals surface area (Å²) in [6.45, 7) is 12.4. The van der Waals surface area contributed by atoms with Gasteiger partial charge in [0.25, 0.3) is 0 Å². The van der Waals surface area contributed by atoms with Gasteiger partial charge in [-0.05, 0) is 123 Å². The summed E-state index contributed by atoms with van der Waals surface area (Å²) in [5, 5.41) is 95.0. The van der Waals surface area contributed by atoms with Crippen LogP contribution in [-0.4, -0.2) is 170 Å². The summed E-state index contributed by atoms with van der Waals surface area (Å²) in [6.07, 6.45) is -9.96. The van der Waals surface area contributed by atoms with Gasteiger partial charge in [-0.1, -0.05) is 34.1 Å². The molecule has 64 heavy (non-hydrogen) atoms. The van der Waals surface area contributed by atoms with Crippen LogP contribution >= 0.6 is 0 Å². The third-order valence-electron chi connectivity index (χ3n) is 20.0. The van der Waals surface area contributed by atoms with Gasteiger partial charge in [-0.2, -0.15) is 0 Å². The van der Waals surface area contributed by atoms with E-state index in [0.717, 1.165) is 70.6 Å². The standard InChI is InChI=1S/C47H76O17/c1-42(2)22-11-17-47(41(57)64-42)23(22)10-15-46(6)29(47)9-8-28-44(4)14-7-13-43(3,27(44)12-16-45(28,46)5)21-59-40-37(63-39-35(55)31(51)25(19-49)61-39)34(54)32(52)26(62-40)20-58-38-36(56)33(53)30(50)24(18-48)60-38/h22-40,48-56H,7-21H2,1-6H3. The predicted octanol–water partition coefficient (Wildman–Crippen LogP) is 0.878. The number of aliphatic hydroxyl groups is 9. The van der Waals surface area contributed by atoms with Crippen molar-refractivity contribution in [2.75, 3.05) is 26.4 Å². The first kappa shape index (κ1) is 47.9. The molecule has 5 saturated carbocycles. The van der Waals surface area contributed by atoms with Gasteiger partial charge in [0.1, 0.15) is 72.7 Å². The van der Waals surface area contributed by atoms with Gasteiger partial charge in [0.05, 0.1) is 31.8 Å². The maximum atomic E-state index is 14.3. The SMILES string of the molecule is CC1(COC2OC(COC3OC(CO)C(O)C(O)C3O)C(O)C(O)C2OC2OC(CO)C(O)C2O)CCCC2(C)C1CCC1(C)C2CCC2C34CCC(C3CCC21C)C(C)(C)OC4=O. The van der Waals surface area contributed by atoms with Crippen LogP contribution in [0.1, 0.15) is 112 Å². The average Bonchev–Trinajstić information content (AvgIpc) is 3.76. The van der Waals surface area contributed by atoms with Gasteiger partial charge in [0.2, 0.25) is 0 Å².